The van der Waals surface area contributed by atoms with Crippen molar-refractivity contribution in [3.05, 3.63) is 42.0 Å². The fraction of sp³-hybridized carbons (Fsp3) is 0.545. The summed E-state index contributed by atoms with van der Waals surface area (Å²) in [5, 5.41) is 12.6. The fourth-order valence-electron chi connectivity index (χ4n) is 4.59. The van der Waals surface area contributed by atoms with Gasteiger partial charge in [-0.25, -0.2) is 0 Å². The molecule has 29 heavy (non-hydrogen) atoms. The average molecular weight is 400 g/mol. The number of likely N-dealkylation sites (tertiary alicyclic amines) is 1. The molecule has 3 heterocycles. The molecule has 1 amide bonds. The highest BCUT2D eigenvalue weighted by molar-refractivity contribution is 5.87. The Morgan fingerprint density at radius 1 is 1.14 bits per heavy atom. The van der Waals surface area contributed by atoms with Crippen LogP contribution in [0.15, 0.2) is 36.4 Å². The predicted molar refractivity (Wildman–Crippen MR) is 107 cm³/mol. The Kier molecular flexibility index (Phi) is 5.87. The highest BCUT2D eigenvalue weighted by Gasteiger charge is 2.53. The van der Waals surface area contributed by atoms with Crippen molar-refractivity contribution in [2.45, 2.75) is 37.5 Å². The van der Waals surface area contributed by atoms with Gasteiger partial charge in [0.15, 0.2) is 0 Å². The Labute approximate surface area is 170 Å². The van der Waals surface area contributed by atoms with Crippen LogP contribution in [0.3, 0.4) is 0 Å². The van der Waals surface area contributed by atoms with Crippen LogP contribution in [-0.4, -0.2) is 66.9 Å². The molecular weight excluding hydrogens is 372 g/mol. The topological polar surface area (TPSA) is 88.1 Å². The highest BCUT2D eigenvalue weighted by atomic mass is 16.5. The first kappa shape index (κ1) is 19.9. The maximum Gasteiger partial charge on any atom is 0.310 e. The van der Waals surface area contributed by atoms with E-state index in [1.165, 1.54) is 5.56 Å². The SMILES string of the molecule is COc1ccc(CCN2CCC(NC(=O)C3C(C(=O)O)[C@@H]4C=C[C@@H]3O4)CC2)cc1. The van der Waals surface area contributed by atoms with E-state index in [2.05, 4.69) is 22.3 Å². The number of rotatable bonds is 7. The van der Waals surface area contributed by atoms with Crippen LogP contribution in [-0.2, 0) is 20.7 Å². The zero-order valence-corrected chi connectivity index (χ0v) is 16.6. The largest absolute Gasteiger partial charge is 0.497 e. The van der Waals surface area contributed by atoms with Crippen molar-refractivity contribution >= 4 is 11.9 Å². The van der Waals surface area contributed by atoms with Crippen molar-refractivity contribution in [3.63, 3.8) is 0 Å². The lowest BCUT2D eigenvalue weighted by Crippen LogP contribution is -2.49. The minimum Gasteiger partial charge on any atom is -0.497 e. The number of carbonyl (C=O) groups is 2. The minimum atomic E-state index is -0.963. The Hall–Kier alpha value is -2.38. The van der Waals surface area contributed by atoms with Gasteiger partial charge in [0.05, 0.1) is 25.2 Å². The summed E-state index contributed by atoms with van der Waals surface area (Å²) >= 11 is 0. The van der Waals surface area contributed by atoms with Gasteiger partial charge in [-0.2, -0.15) is 0 Å². The van der Waals surface area contributed by atoms with E-state index < -0.39 is 30.0 Å². The number of amides is 1. The van der Waals surface area contributed by atoms with Crippen LogP contribution in [0.4, 0.5) is 0 Å². The average Bonchev–Trinajstić information content (AvgIpc) is 3.35. The van der Waals surface area contributed by atoms with Gasteiger partial charge in [-0.1, -0.05) is 24.3 Å². The first-order chi connectivity index (χ1) is 14.0. The number of carboxylic acids is 1. The van der Waals surface area contributed by atoms with Crippen LogP contribution in [0, 0.1) is 11.8 Å². The Balaban J connectivity index is 1.23. The van der Waals surface area contributed by atoms with Crippen molar-refractivity contribution < 1.29 is 24.2 Å². The molecular formula is C22H28N2O5. The molecule has 2 unspecified atom stereocenters. The van der Waals surface area contributed by atoms with E-state index in [-0.39, 0.29) is 11.9 Å². The van der Waals surface area contributed by atoms with Gasteiger partial charge in [0.1, 0.15) is 11.7 Å². The fourth-order valence-corrected chi connectivity index (χ4v) is 4.59. The van der Waals surface area contributed by atoms with Gasteiger partial charge >= 0.3 is 5.97 Å². The van der Waals surface area contributed by atoms with Gasteiger partial charge in [-0.05, 0) is 37.0 Å². The van der Waals surface area contributed by atoms with Crippen molar-refractivity contribution in [1.29, 1.82) is 0 Å². The van der Waals surface area contributed by atoms with Gasteiger partial charge in [0.2, 0.25) is 5.91 Å². The molecule has 0 aliphatic carbocycles. The van der Waals surface area contributed by atoms with Crippen molar-refractivity contribution in [2.24, 2.45) is 11.8 Å². The molecule has 2 bridgehead atoms. The lowest BCUT2D eigenvalue weighted by molar-refractivity contribution is -0.146. The maximum absolute atomic E-state index is 12.8. The summed E-state index contributed by atoms with van der Waals surface area (Å²) < 4.78 is 10.8. The monoisotopic (exact) mass is 400 g/mol. The first-order valence-corrected chi connectivity index (χ1v) is 10.3. The molecule has 2 fully saturated rings. The lowest BCUT2D eigenvalue weighted by Gasteiger charge is -2.33. The van der Waals surface area contributed by atoms with E-state index >= 15 is 0 Å². The molecule has 7 heteroatoms. The van der Waals surface area contributed by atoms with Crippen LogP contribution in [0.2, 0.25) is 0 Å². The van der Waals surface area contributed by atoms with E-state index in [1.807, 2.05) is 18.2 Å². The van der Waals surface area contributed by atoms with Gasteiger partial charge in [0, 0.05) is 25.7 Å². The molecule has 0 aromatic heterocycles. The second-order valence-electron chi connectivity index (χ2n) is 8.06. The van der Waals surface area contributed by atoms with Crippen molar-refractivity contribution in [1.82, 2.24) is 10.2 Å². The second-order valence-corrected chi connectivity index (χ2v) is 8.06. The second kappa shape index (κ2) is 8.55. The molecule has 4 atom stereocenters. The van der Waals surface area contributed by atoms with Gasteiger partial charge < -0.3 is 24.8 Å². The molecule has 4 rings (SSSR count). The number of benzene rings is 1. The summed E-state index contributed by atoms with van der Waals surface area (Å²) in [6, 6.07) is 8.25. The number of carboxylic acid groups (broad SMARTS) is 1. The zero-order valence-electron chi connectivity index (χ0n) is 16.6. The third-order valence-corrected chi connectivity index (χ3v) is 6.30. The molecule has 3 aliphatic rings. The smallest absolute Gasteiger partial charge is 0.310 e. The highest BCUT2D eigenvalue weighted by Crippen LogP contribution is 2.39. The molecule has 1 aromatic rings. The van der Waals surface area contributed by atoms with E-state index in [4.69, 9.17) is 9.47 Å². The van der Waals surface area contributed by atoms with Crippen LogP contribution in [0.1, 0.15) is 18.4 Å². The Bertz CT molecular complexity index is 770. The summed E-state index contributed by atoms with van der Waals surface area (Å²) in [6.45, 7) is 2.84. The van der Waals surface area contributed by atoms with E-state index in [0.29, 0.717) is 0 Å². The van der Waals surface area contributed by atoms with Gasteiger partial charge in [0.25, 0.3) is 0 Å². The summed E-state index contributed by atoms with van der Waals surface area (Å²) in [6.07, 6.45) is 5.42. The van der Waals surface area contributed by atoms with Crippen LogP contribution in [0.25, 0.3) is 0 Å². The number of nitrogens with zero attached hydrogens (tertiary/aromatic N) is 1. The number of piperidine rings is 1. The van der Waals surface area contributed by atoms with Crippen molar-refractivity contribution in [2.75, 3.05) is 26.7 Å². The third kappa shape index (κ3) is 4.31. The third-order valence-electron chi connectivity index (χ3n) is 6.30. The van der Waals surface area contributed by atoms with Gasteiger partial charge in [-0.15, -0.1) is 0 Å². The summed E-state index contributed by atoms with van der Waals surface area (Å²) in [5.41, 5.74) is 1.28. The Morgan fingerprint density at radius 2 is 1.79 bits per heavy atom. The normalized spacial score (nSPS) is 29.1. The maximum atomic E-state index is 12.8. The molecule has 156 valence electrons. The quantitative estimate of drug-likeness (QED) is 0.674. The number of nitrogens with one attached hydrogen (secondary N) is 1. The molecule has 7 nitrogen and oxygen atoms in total. The van der Waals surface area contributed by atoms with E-state index in [0.717, 1.165) is 44.6 Å². The predicted octanol–water partition coefficient (Wildman–Crippen LogP) is 1.47. The summed E-state index contributed by atoms with van der Waals surface area (Å²) in [4.78, 5) is 26.7. The molecule has 1 aromatic carbocycles. The number of aliphatic carboxylic acids is 1. The van der Waals surface area contributed by atoms with Crippen LogP contribution >= 0.6 is 0 Å². The standard InChI is InChI=1S/C22H28N2O5/c1-28-16-4-2-14(3-5-16)8-11-24-12-9-15(10-13-24)23-21(25)19-17-6-7-18(29-17)20(19)22(26)27/h2-7,15,17-20H,8-13H2,1H3,(H,23,25)(H,26,27)/t17-,18-,19?,20?/m0/s1. The van der Waals surface area contributed by atoms with Gasteiger partial charge in [-0.3, -0.25) is 9.59 Å². The van der Waals surface area contributed by atoms with Crippen LogP contribution in [0.5, 0.6) is 5.75 Å². The molecule has 3 aliphatic heterocycles. The molecule has 0 radical (unpaired) electrons. The summed E-state index contributed by atoms with van der Waals surface area (Å²) in [7, 11) is 1.67. The van der Waals surface area contributed by atoms with E-state index in [1.54, 1.807) is 13.2 Å². The van der Waals surface area contributed by atoms with E-state index in [9.17, 15) is 14.7 Å². The van der Waals surface area contributed by atoms with Crippen LogP contribution < -0.4 is 10.1 Å². The molecule has 2 N–H and O–H groups in total. The molecule has 0 spiro atoms. The molecule has 0 saturated carbocycles. The number of hydrogen-bond donors (Lipinski definition) is 2. The number of carbonyl (C=O) groups excluding carboxylic acids is 1. The number of fused-ring (bicyclic) bond motifs is 2. The number of methoxy groups -OCH3 is 1. The summed E-state index contributed by atoms with van der Waals surface area (Å²) in [5.74, 6) is -1.70. The van der Waals surface area contributed by atoms with Crippen molar-refractivity contribution in [3.8, 4) is 5.75 Å². The number of ether oxygens (including phenoxy) is 2. The minimum absolute atomic E-state index is 0.0947. The first-order valence-electron chi connectivity index (χ1n) is 10.3. The zero-order chi connectivity index (χ0) is 20.4. The molecule has 2 saturated heterocycles. The lowest BCUT2D eigenvalue weighted by atomic mass is 9.82. The Morgan fingerprint density at radius 3 is 2.41 bits per heavy atom. The number of hydrogen-bond acceptors (Lipinski definition) is 5.